The van der Waals surface area contributed by atoms with E-state index in [2.05, 4.69) is 10.6 Å². The van der Waals surface area contributed by atoms with Crippen LogP contribution in [0.3, 0.4) is 0 Å². The summed E-state index contributed by atoms with van der Waals surface area (Å²) < 4.78 is 4.91. The maximum Gasteiger partial charge on any atom is 0.227 e. The van der Waals surface area contributed by atoms with E-state index in [0.29, 0.717) is 54.6 Å². The molecule has 1 saturated carbocycles. The van der Waals surface area contributed by atoms with Crippen LogP contribution in [-0.2, 0) is 14.3 Å². The fourth-order valence-electron chi connectivity index (χ4n) is 2.91. The third-order valence-electron chi connectivity index (χ3n) is 4.20. The molecular formula is C17H22Cl2N2O3. The second-order valence-electron chi connectivity index (χ2n) is 5.98. The molecule has 5 nitrogen and oxygen atoms in total. The molecule has 24 heavy (non-hydrogen) atoms. The van der Waals surface area contributed by atoms with Crippen LogP contribution in [0.25, 0.3) is 0 Å². The lowest BCUT2D eigenvalue weighted by molar-refractivity contribution is -0.128. The smallest absolute Gasteiger partial charge is 0.227 e. The van der Waals surface area contributed by atoms with Crippen LogP contribution in [0.15, 0.2) is 18.2 Å². The first kappa shape index (κ1) is 19.0. The fraction of sp³-hybridized carbons (Fsp3) is 0.529. The summed E-state index contributed by atoms with van der Waals surface area (Å²) in [6.07, 6.45) is 2.82. The normalized spacial score (nSPS) is 20.5. The molecular weight excluding hydrogens is 351 g/mol. The molecule has 7 heteroatoms. The lowest BCUT2D eigenvalue weighted by Gasteiger charge is -2.27. The molecule has 1 aromatic carbocycles. The van der Waals surface area contributed by atoms with Gasteiger partial charge in [-0.25, -0.2) is 0 Å². The monoisotopic (exact) mass is 372 g/mol. The molecule has 0 saturated heterocycles. The van der Waals surface area contributed by atoms with Gasteiger partial charge in [0.2, 0.25) is 11.8 Å². The van der Waals surface area contributed by atoms with Gasteiger partial charge in [-0.3, -0.25) is 9.59 Å². The van der Waals surface area contributed by atoms with Crippen molar-refractivity contribution in [1.82, 2.24) is 5.32 Å². The van der Waals surface area contributed by atoms with Gasteiger partial charge < -0.3 is 15.4 Å². The Bertz CT molecular complexity index is 567. The van der Waals surface area contributed by atoms with Crippen LogP contribution < -0.4 is 10.6 Å². The number of ether oxygens (including phenoxy) is 1. The van der Waals surface area contributed by atoms with E-state index in [1.54, 1.807) is 25.3 Å². The van der Waals surface area contributed by atoms with E-state index in [4.69, 9.17) is 27.9 Å². The Labute approximate surface area is 152 Å². The molecule has 0 radical (unpaired) electrons. The first-order valence-electron chi connectivity index (χ1n) is 8.03. The largest absolute Gasteiger partial charge is 0.383 e. The van der Waals surface area contributed by atoms with Crippen LogP contribution in [0.4, 0.5) is 5.69 Å². The lowest BCUT2D eigenvalue weighted by atomic mass is 9.81. The van der Waals surface area contributed by atoms with Crippen molar-refractivity contribution in [3.05, 3.63) is 28.2 Å². The van der Waals surface area contributed by atoms with Crippen molar-refractivity contribution in [1.29, 1.82) is 0 Å². The standard InChI is InChI=1S/C17H22Cl2N2O3/c1-24-7-6-20-16(22)11-2-4-12(5-3-11)17(23)21-15-9-13(18)8-14(19)10-15/h8-12H,2-7H2,1H3,(H,20,22)(H,21,23). The molecule has 1 aliphatic rings. The zero-order valence-electron chi connectivity index (χ0n) is 13.6. The number of methoxy groups -OCH3 is 1. The number of nitrogens with one attached hydrogen (secondary N) is 2. The molecule has 1 fully saturated rings. The molecule has 0 aromatic heterocycles. The molecule has 0 atom stereocenters. The van der Waals surface area contributed by atoms with E-state index in [1.165, 1.54) is 0 Å². The Morgan fingerprint density at radius 2 is 1.58 bits per heavy atom. The van der Waals surface area contributed by atoms with E-state index < -0.39 is 0 Å². The third kappa shape index (κ3) is 5.65. The average molecular weight is 373 g/mol. The van der Waals surface area contributed by atoms with Crippen LogP contribution in [0.2, 0.25) is 10.0 Å². The van der Waals surface area contributed by atoms with E-state index in [0.717, 1.165) is 0 Å². The van der Waals surface area contributed by atoms with Crippen molar-refractivity contribution in [3.8, 4) is 0 Å². The van der Waals surface area contributed by atoms with Gasteiger partial charge >= 0.3 is 0 Å². The average Bonchev–Trinajstić information content (AvgIpc) is 2.54. The van der Waals surface area contributed by atoms with Crippen LogP contribution in [0.1, 0.15) is 25.7 Å². The van der Waals surface area contributed by atoms with Crippen LogP contribution in [0.5, 0.6) is 0 Å². The maximum atomic E-state index is 12.4. The highest BCUT2D eigenvalue weighted by atomic mass is 35.5. The summed E-state index contributed by atoms with van der Waals surface area (Å²) >= 11 is 11.9. The molecule has 2 amide bonds. The number of amides is 2. The van der Waals surface area contributed by atoms with E-state index in [9.17, 15) is 9.59 Å². The van der Waals surface area contributed by atoms with Gasteiger partial charge in [-0.1, -0.05) is 23.2 Å². The van der Waals surface area contributed by atoms with Gasteiger partial charge in [0, 0.05) is 41.2 Å². The summed E-state index contributed by atoms with van der Waals surface area (Å²) in [5, 5.41) is 6.67. The topological polar surface area (TPSA) is 67.4 Å². The summed E-state index contributed by atoms with van der Waals surface area (Å²) in [5.41, 5.74) is 0.594. The van der Waals surface area contributed by atoms with Crippen LogP contribution in [-0.4, -0.2) is 32.1 Å². The summed E-state index contributed by atoms with van der Waals surface area (Å²) in [6, 6.07) is 4.95. The van der Waals surface area contributed by atoms with Crippen molar-refractivity contribution >= 4 is 40.7 Å². The Kier molecular flexibility index (Phi) is 7.34. The highest BCUT2D eigenvalue weighted by Gasteiger charge is 2.29. The second kappa shape index (κ2) is 9.25. The number of halogens is 2. The highest BCUT2D eigenvalue weighted by molar-refractivity contribution is 6.35. The van der Waals surface area contributed by atoms with E-state index in [-0.39, 0.29) is 23.7 Å². The second-order valence-corrected chi connectivity index (χ2v) is 6.85. The molecule has 0 spiro atoms. The minimum absolute atomic E-state index is 0.0217. The summed E-state index contributed by atoms with van der Waals surface area (Å²) in [7, 11) is 1.60. The van der Waals surface area contributed by atoms with Gasteiger partial charge in [0.15, 0.2) is 0 Å². The van der Waals surface area contributed by atoms with Crippen molar-refractivity contribution in [2.24, 2.45) is 11.8 Å². The molecule has 1 aliphatic carbocycles. The SMILES string of the molecule is COCCNC(=O)C1CCC(C(=O)Nc2cc(Cl)cc(Cl)c2)CC1. The Hall–Kier alpha value is -1.30. The van der Waals surface area contributed by atoms with Crippen molar-refractivity contribution in [3.63, 3.8) is 0 Å². The molecule has 0 unspecified atom stereocenters. The van der Waals surface area contributed by atoms with Gasteiger partial charge in [0.1, 0.15) is 0 Å². The quantitative estimate of drug-likeness (QED) is 0.750. The molecule has 0 bridgehead atoms. The molecule has 1 aromatic rings. The van der Waals surface area contributed by atoms with Gasteiger partial charge in [-0.05, 0) is 43.9 Å². The Morgan fingerprint density at radius 1 is 1.04 bits per heavy atom. The van der Waals surface area contributed by atoms with Gasteiger partial charge in [-0.15, -0.1) is 0 Å². The minimum atomic E-state index is -0.0919. The zero-order valence-corrected chi connectivity index (χ0v) is 15.1. The maximum absolute atomic E-state index is 12.4. The van der Waals surface area contributed by atoms with Crippen molar-refractivity contribution in [2.45, 2.75) is 25.7 Å². The lowest BCUT2D eigenvalue weighted by Crippen LogP contribution is -2.36. The fourth-order valence-corrected chi connectivity index (χ4v) is 3.43. The highest BCUT2D eigenvalue weighted by Crippen LogP contribution is 2.30. The molecule has 0 heterocycles. The first-order valence-corrected chi connectivity index (χ1v) is 8.79. The van der Waals surface area contributed by atoms with E-state index in [1.807, 2.05) is 0 Å². The van der Waals surface area contributed by atoms with Crippen molar-refractivity contribution < 1.29 is 14.3 Å². The number of anilines is 1. The van der Waals surface area contributed by atoms with Gasteiger partial charge in [-0.2, -0.15) is 0 Å². The minimum Gasteiger partial charge on any atom is -0.383 e. The molecule has 2 N–H and O–H groups in total. The van der Waals surface area contributed by atoms with Crippen LogP contribution in [0, 0.1) is 11.8 Å². The first-order chi connectivity index (χ1) is 11.5. The number of rotatable bonds is 6. The summed E-state index contributed by atoms with van der Waals surface area (Å²) in [6.45, 7) is 1.02. The predicted octanol–water partition coefficient (Wildman–Crippen LogP) is 3.50. The van der Waals surface area contributed by atoms with E-state index >= 15 is 0 Å². The Morgan fingerprint density at radius 3 is 2.12 bits per heavy atom. The number of hydrogen-bond donors (Lipinski definition) is 2. The number of carbonyl (C=O) groups is 2. The molecule has 2 rings (SSSR count). The van der Waals surface area contributed by atoms with Crippen molar-refractivity contribution in [2.75, 3.05) is 25.6 Å². The molecule has 132 valence electrons. The summed E-state index contributed by atoms with van der Waals surface area (Å²) in [5.74, 6) is -0.114. The van der Waals surface area contributed by atoms with Crippen LogP contribution >= 0.6 is 23.2 Å². The Balaban J connectivity index is 1.81. The third-order valence-corrected chi connectivity index (χ3v) is 4.64. The zero-order chi connectivity index (χ0) is 17.5. The molecule has 0 aliphatic heterocycles. The van der Waals surface area contributed by atoms with Gasteiger partial charge in [0.05, 0.1) is 6.61 Å². The number of hydrogen-bond acceptors (Lipinski definition) is 3. The predicted molar refractivity (Wildman–Crippen MR) is 95.4 cm³/mol. The van der Waals surface area contributed by atoms with Gasteiger partial charge in [0.25, 0.3) is 0 Å². The summed E-state index contributed by atoms with van der Waals surface area (Å²) in [4.78, 5) is 24.4. The number of benzene rings is 1. The number of carbonyl (C=O) groups excluding carboxylic acids is 2.